The van der Waals surface area contributed by atoms with Crippen LogP contribution in [0.4, 0.5) is 0 Å². The Morgan fingerprint density at radius 2 is 1.35 bits per heavy atom. The Morgan fingerprint density at radius 3 is 1.87 bits per heavy atom. The smallest absolute Gasteiger partial charge is 0.207 e. The van der Waals surface area contributed by atoms with E-state index in [-0.39, 0.29) is 0 Å². The molecule has 0 radical (unpaired) electrons. The molecule has 0 heterocycles. The summed E-state index contributed by atoms with van der Waals surface area (Å²) in [7, 11) is -3.39. The van der Waals surface area contributed by atoms with Crippen molar-refractivity contribution >= 4 is 21.8 Å². The highest BCUT2D eigenvalue weighted by Gasteiger charge is 2.22. The van der Waals surface area contributed by atoms with Crippen molar-refractivity contribution in [2.45, 2.75) is 41.4 Å². The van der Waals surface area contributed by atoms with Gasteiger partial charge in [-0.2, -0.15) is 4.31 Å². The number of rotatable bonds is 8. The van der Waals surface area contributed by atoms with Gasteiger partial charge in [-0.3, -0.25) is 0 Å². The molecule has 0 N–H and O–H groups in total. The van der Waals surface area contributed by atoms with E-state index in [4.69, 9.17) is 0 Å². The summed E-state index contributed by atoms with van der Waals surface area (Å²) in [6.07, 6.45) is 1.64. The average molecular weight is 350 g/mol. The minimum Gasteiger partial charge on any atom is -0.207 e. The highest BCUT2D eigenvalue weighted by atomic mass is 32.2. The molecule has 0 saturated carbocycles. The van der Waals surface area contributed by atoms with Crippen molar-refractivity contribution in [3.63, 3.8) is 0 Å². The first-order valence-corrected chi connectivity index (χ1v) is 10.2. The summed E-state index contributed by atoms with van der Waals surface area (Å²) in [6.45, 7) is 5.13. The molecule has 0 aliphatic carbocycles. The first-order valence-electron chi connectivity index (χ1n) is 7.91. The lowest BCUT2D eigenvalue weighted by Crippen LogP contribution is -2.32. The molecule has 0 spiro atoms. The van der Waals surface area contributed by atoms with E-state index in [1.165, 1.54) is 0 Å². The van der Waals surface area contributed by atoms with E-state index in [0.29, 0.717) is 18.0 Å². The van der Waals surface area contributed by atoms with Gasteiger partial charge >= 0.3 is 0 Å². The molecule has 0 amide bonds. The number of benzene rings is 2. The predicted molar refractivity (Wildman–Crippen MR) is 96.3 cm³/mol. The van der Waals surface area contributed by atoms with E-state index in [1.54, 1.807) is 28.2 Å². The Kier molecular flexibility index (Phi) is 6.69. The van der Waals surface area contributed by atoms with Crippen LogP contribution in [0.2, 0.25) is 0 Å². The van der Waals surface area contributed by atoms with Gasteiger partial charge in [-0.05, 0) is 49.2 Å². The number of nitrogens with zero attached hydrogens (tertiary/aromatic N) is 1. The van der Waals surface area contributed by atoms with Crippen LogP contribution in [-0.2, 0) is 10.0 Å². The van der Waals surface area contributed by atoms with Gasteiger partial charge in [-0.25, -0.2) is 8.42 Å². The van der Waals surface area contributed by atoms with Gasteiger partial charge in [0.25, 0.3) is 0 Å². The fourth-order valence-electron chi connectivity index (χ4n) is 2.30. The fraction of sp³-hybridized carbons (Fsp3) is 0.333. The molecule has 5 heteroatoms. The van der Waals surface area contributed by atoms with Crippen LogP contribution in [0.5, 0.6) is 0 Å². The van der Waals surface area contributed by atoms with Crippen LogP contribution in [0.25, 0.3) is 0 Å². The lowest BCUT2D eigenvalue weighted by molar-refractivity contribution is 0.410. The summed E-state index contributed by atoms with van der Waals surface area (Å²) in [5, 5.41) is 0. The molecule has 2 aromatic rings. The van der Waals surface area contributed by atoms with Gasteiger partial charge in [0.05, 0.1) is 4.90 Å². The van der Waals surface area contributed by atoms with Gasteiger partial charge < -0.3 is 0 Å². The molecule has 2 rings (SSSR count). The standard InChI is InChI=1S/C18H23NO2S2/c1-3-14-19(15-4-2)23(20,21)18-12-10-17(11-13-18)22-16-8-6-5-7-9-16/h5-13H,3-4,14-15H2,1-2H3. The molecule has 124 valence electrons. The summed E-state index contributed by atoms with van der Waals surface area (Å²) in [4.78, 5) is 2.55. The predicted octanol–water partition coefficient (Wildman–Crippen LogP) is 4.65. The third-order valence-corrected chi connectivity index (χ3v) is 6.32. The molecule has 0 bridgehead atoms. The van der Waals surface area contributed by atoms with Crippen molar-refractivity contribution in [1.29, 1.82) is 0 Å². The summed E-state index contributed by atoms with van der Waals surface area (Å²) >= 11 is 1.63. The molecule has 0 aliphatic rings. The van der Waals surface area contributed by atoms with E-state index >= 15 is 0 Å². The molecule has 0 unspecified atom stereocenters. The normalized spacial score (nSPS) is 11.8. The third-order valence-electron chi connectivity index (χ3n) is 3.39. The lowest BCUT2D eigenvalue weighted by atomic mass is 10.4. The Labute approximate surface area is 143 Å². The van der Waals surface area contributed by atoms with Crippen LogP contribution in [0.1, 0.15) is 26.7 Å². The van der Waals surface area contributed by atoms with E-state index < -0.39 is 10.0 Å². The van der Waals surface area contributed by atoms with Crippen LogP contribution >= 0.6 is 11.8 Å². The molecule has 2 aromatic carbocycles. The van der Waals surface area contributed by atoms with E-state index in [9.17, 15) is 8.42 Å². The van der Waals surface area contributed by atoms with Gasteiger partial charge in [0.1, 0.15) is 0 Å². The minimum atomic E-state index is -3.39. The van der Waals surface area contributed by atoms with Crippen molar-refractivity contribution < 1.29 is 8.42 Å². The van der Waals surface area contributed by atoms with Crippen LogP contribution < -0.4 is 0 Å². The summed E-state index contributed by atoms with van der Waals surface area (Å²) in [5.41, 5.74) is 0. The molecule has 0 fully saturated rings. The van der Waals surface area contributed by atoms with Crippen molar-refractivity contribution in [2.24, 2.45) is 0 Å². The zero-order valence-electron chi connectivity index (χ0n) is 13.6. The first kappa shape index (κ1) is 18.0. The Hall–Kier alpha value is -1.30. The molecule has 0 saturated heterocycles. The molecule has 0 aliphatic heterocycles. The second-order valence-electron chi connectivity index (χ2n) is 5.29. The van der Waals surface area contributed by atoms with Gasteiger partial charge in [0, 0.05) is 22.9 Å². The van der Waals surface area contributed by atoms with Crippen molar-refractivity contribution in [1.82, 2.24) is 4.31 Å². The van der Waals surface area contributed by atoms with Gasteiger partial charge in [-0.15, -0.1) is 0 Å². The third kappa shape index (κ3) is 4.83. The summed E-state index contributed by atoms with van der Waals surface area (Å²) in [6, 6.07) is 17.2. The monoisotopic (exact) mass is 349 g/mol. The zero-order valence-corrected chi connectivity index (χ0v) is 15.2. The topological polar surface area (TPSA) is 37.4 Å². The van der Waals surface area contributed by atoms with E-state index in [1.807, 2.05) is 56.3 Å². The highest BCUT2D eigenvalue weighted by molar-refractivity contribution is 7.99. The maximum Gasteiger partial charge on any atom is 0.243 e. The zero-order chi connectivity index (χ0) is 16.7. The minimum absolute atomic E-state index is 0.372. The Balaban J connectivity index is 2.17. The summed E-state index contributed by atoms with van der Waals surface area (Å²) in [5.74, 6) is 0. The maximum atomic E-state index is 12.7. The Morgan fingerprint density at radius 1 is 0.826 bits per heavy atom. The molecule has 0 atom stereocenters. The van der Waals surface area contributed by atoms with E-state index in [2.05, 4.69) is 0 Å². The fourth-order valence-corrected chi connectivity index (χ4v) is 4.77. The second-order valence-corrected chi connectivity index (χ2v) is 8.38. The van der Waals surface area contributed by atoms with Crippen molar-refractivity contribution in [3.05, 3.63) is 54.6 Å². The SMILES string of the molecule is CCCN(CCC)S(=O)(=O)c1ccc(Sc2ccccc2)cc1. The second kappa shape index (κ2) is 8.52. The number of hydrogen-bond donors (Lipinski definition) is 0. The van der Waals surface area contributed by atoms with Crippen molar-refractivity contribution in [3.8, 4) is 0 Å². The molecule has 0 aromatic heterocycles. The number of sulfonamides is 1. The van der Waals surface area contributed by atoms with Gasteiger partial charge in [0.2, 0.25) is 10.0 Å². The van der Waals surface area contributed by atoms with Crippen LogP contribution in [-0.4, -0.2) is 25.8 Å². The summed E-state index contributed by atoms with van der Waals surface area (Å²) < 4.78 is 27.0. The highest BCUT2D eigenvalue weighted by Crippen LogP contribution is 2.28. The van der Waals surface area contributed by atoms with Gasteiger partial charge in [-0.1, -0.05) is 43.8 Å². The largest absolute Gasteiger partial charge is 0.243 e. The molecule has 23 heavy (non-hydrogen) atoms. The van der Waals surface area contributed by atoms with Crippen molar-refractivity contribution in [2.75, 3.05) is 13.1 Å². The number of hydrogen-bond acceptors (Lipinski definition) is 3. The molecular weight excluding hydrogens is 326 g/mol. The van der Waals surface area contributed by atoms with Gasteiger partial charge in [0.15, 0.2) is 0 Å². The van der Waals surface area contributed by atoms with Crippen LogP contribution in [0, 0.1) is 0 Å². The van der Waals surface area contributed by atoms with E-state index in [0.717, 1.165) is 22.6 Å². The van der Waals surface area contributed by atoms with Crippen LogP contribution in [0.3, 0.4) is 0 Å². The lowest BCUT2D eigenvalue weighted by Gasteiger charge is -2.21. The Bertz CT molecular complexity index is 692. The molecule has 3 nitrogen and oxygen atoms in total. The van der Waals surface area contributed by atoms with Crippen LogP contribution in [0.15, 0.2) is 69.3 Å². The average Bonchev–Trinajstić information content (AvgIpc) is 2.56. The quantitative estimate of drug-likeness (QED) is 0.696. The first-order chi connectivity index (χ1) is 11.1. The maximum absolute atomic E-state index is 12.7. The molecular formula is C18H23NO2S2.